The van der Waals surface area contributed by atoms with E-state index in [-0.39, 0.29) is 4.90 Å². The van der Waals surface area contributed by atoms with Gasteiger partial charge in [0.25, 0.3) is 10.0 Å². The Kier molecular flexibility index (Phi) is 5.27. The minimum Gasteiger partial charge on any atom is -0.383 e. The number of hydrogen-bond acceptors (Lipinski definition) is 5. The normalized spacial score (nSPS) is 14.8. The van der Waals surface area contributed by atoms with Gasteiger partial charge in [-0.2, -0.15) is 0 Å². The van der Waals surface area contributed by atoms with E-state index >= 15 is 0 Å². The average molecular weight is 468 g/mol. The summed E-state index contributed by atoms with van der Waals surface area (Å²) in [5.74, 6) is 0.409. The molecule has 1 fully saturated rings. The van der Waals surface area contributed by atoms with Gasteiger partial charge in [-0.1, -0.05) is 48.7 Å². The number of nitrogens with two attached hydrogens (primary N) is 1. The van der Waals surface area contributed by atoms with Crippen LogP contribution < -0.4 is 10.5 Å². The second kappa shape index (κ2) is 8.11. The topological polar surface area (TPSA) is 103 Å². The molecule has 5 rings (SSSR count). The van der Waals surface area contributed by atoms with E-state index in [0.29, 0.717) is 22.6 Å². The average Bonchev–Trinajstić information content (AvgIpc) is 3.44. The second-order valence-corrected chi connectivity index (χ2v) is 10.0. The van der Waals surface area contributed by atoms with Crippen LogP contribution in [-0.4, -0.2) is 23.0 Å². The summed E-state index contributed by atoms with van der Waals surface area (Å²) < 4.78 is 30.1. The number of nitrogens with zero attached hydrogens (tertiary/aromatic N) is 3. The third-order valence-corrected chi connectivity index (χ3v) is 7.63. The Balaban J connectivity index is 1.55. The molecule has 0 atom stereocenters. The van der Waals surface area contributed by atoms with Crippen molar-refractivity contribution in [3.63, 3.8) is 0 Å². The van der Waals surface area contributed by atoms with Crippen LogP contribution in [0.2, 0.25) is 5.02 Å². The molecular weight excluding hydrogens is 446 g/mol. The fourth-order valence-corrected chi connectivity index (χ4v) is 5.74. The molecule has 2 aromatic carbocycles. The number of anilines is 2. The molecule has 3 N–H and O–H groups in total. The van der Waals surface area contributed by atoms with Gasteiger partial charge in [-0.25, -0.2) is 18.4 Å². The Labute approximate surface area is 191 Å². The number of nitrogen functional groups attached to an aromatic ring is 1. The zero-order valence-electron chi connectivity index (χ0n) is 17.2. The SMILES string of the molecule is Nc1ncnc2c1c(-c1ccc(NS(=O)(=O)c3ccccc3)c(Cl)c1)cn2C1CCCC1. The van der Waals surface area contributed by atoms with Crippen molar-refractivity contribution in [1.29, 1.82) is 0 Å². The van der Waals surface area contributed by atoms with Gasteiger partial charge in [-0.3, -0.25) is 4.72 Å². The van der Waals surface area contributed by atoms with Crippen LogP contribution in [0.3, 0.4) is 0 Å². The first-order valence-electron chi connectivity index (χ1n) is 10.4. The van der Waals surface area contributed by atoms with Crippen molar-refractivity contribution in [1.82, 2.24) is 14.5 Å². The molecule has 7 nitrogen and oxygen atoms in total. The van der Waals surface area contributed by atoms with Crippen LogP contribution in [0.5, 0.6) is 0 Å². The zero-order valence-corrected chi connectivity index (χ0v) is 18.8. The maximum absolute atomic E-state index is 12.7. The van der Waals surface area contributed by atoms with Crippen LogP contribution in [0.15, 0.2) is 66.0 Å². The van der Waals surface area contributed by atoms with Crippen LogP contribution in [0.25, 0.3) is 22.2 Å². The Morgan fingerprint density at radius 2 is 1.81 bits per heavy atom. The number of benzene rings is 2. The van der Waals surface area contributed by atoms with Gasteiger partial charge < -0.3 is 10.3 Å². The van der Waals surface area contributed by atoms with Crippen molar-refractivity contribution in [3.05, 3.63) is 66.1 Å². The first-order valence-corrected chi connectivity index (χ1v) is 12.3. The van der Waals surface area contributed by atoms with Gasteiger partial charge in [0, 0.05) is 17.8 Å². The molecule has 4 aromatic rings. The summed E-state index contributed by atoms with van der Waals surface area (Å²) in [7, 11) is -3.74. The Morgan fingerprint density at radius 1 is 1.06 bits per heavy atom. The third kappa shape index (κ3) is 3.69. The molecule has 0 aliphatic heterocycles. The van der Waals surface area contributed by atoms with E-state index in [1.54, 1.807) is 30.3 Å². The monoisotopic (exact) mass is 467 g/mol. The van der Waals surface area contributed by atoms with Crippen molar-refractivity contribution in [2.75, 3.05) is 10.5 Å². The first kappa shape index (κ1) is 20.8. The lowest BCUT2D eigenvalue weighted by molar-refractivity contribution is 0.532. The standard InChI is InChI=1S/C23H22ClN5O2S/c24-19-12-15(10-11-20(19)28-32(30,31)17-8-2-1-3-9-17)18-13-29(16-6-4-5-7-16)23-21(18)22(25)26-14-27-23/h1-3,8-14,16,28H,4-7H2,(H2,25,26,27). The quantitative estimate of drug-likeness (QED) is 0.417. The van der Waals surface area contributed by atoms with Gasteiger partial charge in [-0.05, 0) is 42.7 Å². The molecule has 0 amide bonds. The molecule has 0 bridgehead atoms. The van der Waals surface area contributed by atoms with Crippen LogP contribution in [0.4, 0.5) is 11.5 Å². The fourth-order valence-electron chi connectivity index (χ4n) is 4.36. The van der Waals surface area contributed by atoms with E-state index in [9.17, 15) is 8.42 Å². The molecule has 2 heterocycles. The van der Waals surface area contributed by atoms with E-state index in [2.05, 4.69) is 25.5 Å². The summed E-state index contributed by atoms with van der Waals surface area (Å²) >= 11 is 6.50. The van der Waals surface area contributed by atoms with Crippen LogP contribution in [-0.2, 0) is 10.0 Å². The van der Waals surface area contributed by atoms with Gasteiger partial charge in [0.1, 0.15) is 17.8 Å². The zero-order chi connectivity index (χ0) is 22.3. The maximum atomic E-state index is 12.7. The number of sulfonamides is 1. The predicted molar refractivity (Wildman–Crippen MR) is 127 cm³/mol. The molecule has 1 aliphatic rings. The lowest BCUT2D eigenvalue weighted by Gasteiger charge is -2.12. The van der Waals surface area contributed by atoms with Crippen molar-refractivity contribution in [3.8, 4) is 11.1 Å². The van der Waals surface area contributed by atoms with E-state index in [1.165, 1.54) is 31.3 Å². The predicted octanol–water partition coefficient (Wildman–Crippen LogP) is 5.25. The van der Waals surface area contributed by atoms with Gasteiger partial charge in [0.15, 0.2) is 0 Å². The summed E-state index contributed by atoms with van der Waals surface area (Å²) in [5, 5.41) is 1.08. The molecule has 1 saturated carbocycles. The summed E-state index contributed by atoms with van der Waals surface area (Å²) in [4.78, 5) is 8.86. The number of aromatic nitrogens is 3. The number of fused-ring (bicyclic) bond motifs is 1. The summed E-state index contributed by atoms with van der Waals surface area (Å²) in [6.07, 6.45) is 8.15. The molecule has 0 spiro atoms. The first-order chi connectivity index (χ1) is 15.4. The largest absolute Gasteiger partial charge is 0.383 e. The third-order valence-electron chi connectivity index (χ3n) is 5.93. The van der Waals surface area contributed by atoms with Gasteiger partial charge >= 0.3 is 0 Å². The molecule has 0 unspecified atom stereocenters. The Bertz CT molecular complexity index is 1400. The Hall–Kier alpha value is -3.10. The summed E-state index contributed by atoms with van der Waals surface area (Å²) in [6, 6.07) is 13.8. The van der Waals surface area contributed by atoms with Crippen LogP contribution in [0, 0.1) is 0 Å². The minimum atomic E-state index is -3.74. The minimum absolute atomic E-state index is 0.171. The summed E-state index contributed by atoms with van der Waals surface area (Å²) in [5.41, 5.74) is 9.05. The van der Waals surface area contributed by atoms with Crippen molar-refractivity contribution < 1.29 is 8.42 Å². The van der Waals surface area contributed by atoms with Crippen molar-refractivity contribution in [2.45, 2.75) is 36.6 Å². The lowest BCUT2D eigenvalue weighted by Crippen LogP contribution is -2.13. The molecule has 2 aromatic heterocycles. The fraction of sp³-hybridized carbons (Fsp3) is 0.217. The molecule has 9 heteroatoms. The number of rotatable bonds is 5. The molecule has 0 radical (unpaired) electrons. The number of halogens is 1. The highest BCUT2D eigenvalue weighted by Crippen LogP contribution is 2.40. The van der Waals surface area contributed by atoms with E-state index in [0.717, 1.165) is 35.0 Å². The molecule has 1 aliphatic carbocycles. The van der Waals surface area contributed by atoms with E-state index in [4.69, 9.17) is 17.3 Å². The highest BCUT2D eigenvalue weighted by molar-refractivity contribution is 7.92. The molecular formula is C23H22ClN5O2S. The van der Waals surface area contributed by atoms with Gasteiger partial charge in [0.2, 0.25) is 0 Å². The molecule has 0 saturated heterocycles. The second-order valence-electron chi connectivity index (χ2n) is 7.96. The van der Waals surface area contributed by atoms with Crippen LogP contribution >= 0.6 is 11.6 Å². The molecule has 164 valence electrons. The highest BCUT2D eigenvalue weighted by atomic mass is 35.5. The van der Waals surface area contributed by atoms with Crippen molar-refractivity contribution >= 4 is 44.2 Å². The van der Waals surface area contributed by atoms with E-state index < -0.39 is 10.0 Å². The number of hydrogen-bond donors (Lipinski definition) is 2. The van der Waals surface area contributed by atoms with Crippen molar-refractivity contribution in [2.24, 2.45) is 0 Å². The van der Waals surface area contributed by atoms with Gasteiger partial charge in [-0.15, -0.1) is 0 Å². The van der Waals surface area contributed by atoms with E-state index in [1.807, 2.05) is 6.07 Å². The summed E-state index contributed by atoms with van der Waals surface area (Å²) in [6.45, 7) is 0. The van der Waals surface area contributed by atoms with Crippen LogP contribution in [0.1, 0.15) is 31.7 Å². The van der Waals surface area contributed by atoms with Gasteiger partial charge in [0.05, 0.1) is 21.0 Å². The lowest BCUT2D eigenvalue weighted by atomic mass is 10.1. The smallest absolute Gasteiger partial charge is 0.261 e. The maximum Gasteiger partial charge on any atom is 0.261 e. The molecule has 32 heavy (non-hydrogen) atoms. The number of nitrogens with one attached hydrogen (secondary N) is 1. The highest BCUT2D eigenvalue weighted by Gasteiger charge is 2.23. The Morgan fingerprint density at radius 3 is 2.53 bits per heavy atom.